The van der Waals surface area contributed by atoms with Crippen LogP contribution < -0.4 is 5.32 Å². The van der Waals surface area contributed by atoms with E-state index in [1.54, 1.807) is 27.7 Å². The summed E-state index contributed by atoms with van der Waals surface area (Å²) >= 11 is 0. The highest BCUT2D eigenvalue weighted by Gasteiger charge is 2.38. The van der Waals surface area contributed by atoms with Crippen molar-refractivity contribution >= 4 is 17.8 Å². The number of alkyl carbamates (subject to hydrolysis) is 1. The molecule has 1 aliphatic carbocycles. The van der Waals surface area contributed by atoms with Gasteiger partial charge in [-0.1, -0.05) is 0 Å². The van der Waals surface area contributed by atoms with Crippen LogP contribution in [0.2, 0.25) is 0 Å². The Labute approximate surface area is 112 Å². The van der Waals surface area contributed by atoms with Crippen LogP contribution in [-0.2, 0) is 19.1 Å². The molecular formula is C13H21NO5. The van der Waals surface area contributed by atoms with Crippen LogP contribution in [0.5, 0.6) is 0 Å². The third-order valence-corrected chi connectivity index (χ3v) is 2.67. The SMILES string of the molecule is CCOC(=O)C1CC(=O)[C@H](NC(=O)OC(C)(C)C)C1. The van der Waals surface area contributed by atoms with E-state index in [1.807, 2.05) is 0 Å². The molecule has 108 valence electrons. The highest BCUT2D eigenvalue weighted by Crippen LogP contribution is 2.24. The van der Waals surface area contributed by atoms with Gasteiger partial charge < -0.3 is 14.8 Å². The van der Waals surface area contributed by atoms with E-state index in [0.29, 0.717) is 0 Å². The van der Waals surface area contributed by atoms with Crippen molar-refractivity contribution in [2.24, 2.45) is 5.92 Å². The summed E-state index contributed by atoms with van der Waals surface area (Å²) in [4.78, 5) is 34.8. The van der Waals surface area contributed by atoms with Gasteiger partial charge in [-0.2, -0.15) is 0 Å². The van der Waals surface area contributed by atoms with Crippen molar-refractivity contribution in [3.8, 4) is 0 Å². The molecule has 0 radical (unpaired) electrons. The lowest BCUT2D eigenvalue weighted by molar-refractivity contribution is -0.148. The van der Waals surface area contributed by atoms with Gasteiger partial charge in [-0.15, -0.1) is 0 Å². The maximum atomic E-state index is 11.7. The summed E-state index contributed by atoms with van der Waals surface area (Å²) in [6.45, 7) is 7.22. The molecule has 1 saturated carbocycles. The zero-order valence-electron chi connectivity index (χ0n) is 11.8. The number of hydrogen-bond donors (Lipinski definition) is 1. The lowest BCUT2D eigenvalue weighted by atomic mass is 10.1. The van der Waals surface area contributed by atoms with E-state index in [2.05, 4.69) is 5.32 Å². The average molecular weight is 271 g/mol. The van der Waals surface area contributed by atoms with E-state index in [-0.39, 0.29) is 31.2 Å². The topological polar surface area (TPSA) is 81.7 Å². The minimum absolute atomic E-state index is 0.110. The van der Waals surface area contributed by atoms with Crippen molar-refractivity contribution in [3.05, 3.63) is 0 Å². The molecule has 1 amide bonds. The largest absolute Gasteiger partial charge is 0.466 e. The van der Waals surface area contributed by atoms with Gasteiger partial charge in [-0.3, -0.25) is 9.59 Å². The van der Waals surface area contributed by atoms with Crippen LogP contribution >= 0.6 is 0 Å². The third kappa shape index (κ3) is 4.89. The van der Waals surface area contributed by atoms with Gasteiger partial charge >= 0.3 is 12.1 Å². The molecule has 1 aliphatic rings. The number of ether oxygens (including phenoxy) is 2. The van der Waals surface area contributed by atoms with Crippen LogP contribution in [-0.4, -0.2) is 36.1 Å². The van der Waals surface area contributed by atoms with Crippen LogP contribution in [0.15, 0.2) is 0 Å². The molecule has 2 atom stereocenters. The minimum atomic E-state index is -0.663. The summed E-state index contributed by atoms with van der Waals surface area (Å²) in [6.07, 6.45) is -0.258. The van der Waals surface area contributed by atoms with Crippen LogP contribution in [0.4, 0.5) is 4.79 Å². The van der Waals surface area contributed by atoms with Gasteiger partial charge in [0.05, 0.1) is 18.6 Å². The molecule has 0 spiro atoms. The molecule has 0 aromatic heterocycles. The number of rotatable bonds is 3. The highest BCUT2D eigenvalue weighted by atomic mass is 16.6. The first-order valence-electron chi connectivity index (χ1n) is 6.41. The number of ketones is 1. The lowest BCUT2D eigenvalue weighted by Crippen LogP contribution is -2.41. The number of carbonyl (C=O) groups is 3. The fourth-order valence-electron chi connectivity index (χ4n) is 1.91. The van der Waals surface area contributed by atoms with Crippen molar-refractivity contribution in [2.45, 2.75) is 52.2 Å². The summed E-state index contributed by atoms with van der Waals surface area (Å²) < 4.78 is 9.95. The number of esters is 1. The summed E-state index contributed by atoms with van der Waals surface area (Å²) in [7, 11) is 0. The molecule has 0 heterocycles. The zero-order valence-corrected chi connectivity index (χ0v) is 11.8. The van der Waals surface area contributed by atoms with E-state index >= 15 is 0 Å². The number of hydrogen-bond acceptors (Lipinski definition) is 5. The smallest absolute Gasteiger partial charge is 0.408 e. The fraction of sp³-hybridized carbons (Fsp3) is 0.769. The Bertz CT molecular complexity index is 372. The van der Waals surface area contributed by atoms with Gasteiger partial charge in [0.25, 0.3) is 0 Å². The van der Waals surface area contributed by atoms with Crippen molar-refractivity contribution in [3.63, 3.8) is 0 Å². The molecular weight excluding hydrogens is 250 g/mol. The molecule has 6 heteroatoms. The van der Waals surface area contributed by atoms with Crippen LogP contribution in [0, 0.1) is 5.92 Å². The van der Waals surface area contributed by atoms with Gasteiger partial charge in [-0.05, 0) is 34.1 Å². The molecule has 1 rings (SSSR count). The second kappa shape index (κ2) is 6.04. The minimum Gasteiger partial charge on any atom is -0.466 e. The molecule has 1 fully saturated rings. The first kappa shape index (κ1) is 15.5. The van der Waals surface area contributed by atoms with Gasteiger partial charge in [0.1, 0.15) is 5.60 Å². The summed E-state index contributed by atoms with van der Waals surface area (Å²) in [5.41, 5.74) is -0.619. The fourth-order valence-corrected chi connectivity index (χ4v) is 1.91. The maximum Gasteiger partial charge on any atom is 0.408 e. The van der Waals surface area contributed by atoms with Gasteiger partial charge in [-0.25, -0.2) is 4.79 Å². The number of amides is 1. The Morgan fingerprint density at radius 1 is 1.37 bits per heavy atom. The normalized spacial score (nSPS) is 23.1. The Balaban J connectivity index is 2.50. The Morgan fingerprint density at radius 2 is 2.00 bits per heavy atom. The number of carbonyl (C=O) groups excluding carboxylic acids is 3. The first-order chi connectivity index (χ1) is 8.73. The van der Waals surface area contributed by atoms with Gasteiger partial charge in [0, 0.05) is 6.42 Å². The van der Waals surface area contributed by atoms with Crippen LogP contribution in [0.25, 0.3) is 0 Å². The first-order valence-corrected chi connectivity index (χ1v) is 6.41. The summed E-state index contributed by atoms with van der Waals surface area (Å²) in [5.74, 6) is -1.01. The Morgan fingerprint density at radius 3 is 2.53 bits per heavy atom. The van der Waals surface area contributed by atoms with Crippen LogP contribution in [0.1, 0.15) is 40.5 Å². The average Bonchev–Trinajstić information content (AvgIpc) is 2.58. The molecule has 0 aromatic carbocycles. The molecule has 19 heavy (non-hydrogen) atoms. The molecule has 1 N–H and O–H groups in total. The summed E-state index contributed by atoms with van der Waals surface area (Å²) in [6, 6.07) is -0.663. The predicted molar refractivity (Wildman–Crippen MR) is 67.5 cm³/mol. The van der Waals surface area contributed by atoms with E-state index < -0.39 is 23.7 Å². The Kier molecular flexibility index (Phi) is 4.91. The van der Waals surface area contributed by atoms with E-state index in [4.69, 9.17) is 9.47 Å². The molecule has 0 aromatic rings. The maximum absolute atomic E-state index is 11.7. The summed E-state index contributed by atoms with van der Waals surface area (Å²) in [5, 5.41) is 2.49. The van der Waals surface area contributed by atoms with Crippen molar-refractivity contribution in [1.29, 1.82) is 0 Å². The predicted octanol–water partition coefficient (Wildman–Crippen LogP) is 1.42. The third-order valence-electron chi connectivity index (χ3n) is 2.67. The second-order valence-corrected chi connectivity index (χ2v) is 5.55. The number of nitrogens with one attached hydrogen (secondary N) is 1. The molecule has 6 nitrogen and oxygen atoms in total. The van der Waals surface area contributed by atoms with Gasteiger partial charge in [0.2, 0.25) is 0 Å². The van der Waals surface area contributed by atoms with Crippen molar-refractivity contribution in [2.75, 3.05) is 6.61 Å². The second-order valence-electron chi connectivity index (χ2n) is 5.55. The standard InChI is InChI=1S/C13H21NO5/c1-5-18-11(16)8-6-9(10(15)7-8)14-12(17)19-13(2,3)4/h8-9H,5-7H2,1-4H3,(H,14,17)/t8?,9-/m1/s1. The van der Waals surface area contributed by atoms with E-state index in [9.17, 15) is 14.4 Å². The molecule has 0 saturated heterocycles. The number of Topliss-reactive ketones (excluding diaryl/α,β-unsaturated/α-hetero) is 1. The van der Waals surface area contributed by atoms with E-state index in [1.165, 1.54) is 0 Å². The molecule has 1 unspecified atom stereocenters. The quantitative estimate of drug-likeness (QED) is 0.785. The molecule has 0 aliphatic heterocycles. The van der Waals surface area contributed by atoms with Crippen LogP contribution in [0.3, 0.4) is 0 Å². The molecule has 0 bridgehead atoms. The highest BCUT2D eigenvalue weighted by molar-refractivity contribution is 5.94. The van der Waals surface area contributed by atoms with Crippen molar-refractivity contribution < 1.29 is 23.9 Å². The monoisotopic (exact) mass is 271 g/mol. The van der Waals surface area contributed by atoms with Crippen molar-refractivity contribution in [1.82, 2.24) is 5.32 Å². The van der Waals surface area contributed by atoms with Gasteiger partial charge in [0.15, 0.2) is 5.78 Å². The zero-order chi connectivity index (χ0) is 14.6. The Hall–Kier alpha value is -1.59. The van der Waals surface area contributed by atoms with E-state index in [0.717, 1.165) is 0 Å². The lowest BCUT2D eigenvalue weighted by Gasteiger charge is -2.21.